The molecule has 1 saturated carbocycles. The molecule has 0 saturated heterocycles. The van der Waals surface area contributed by atoms with Crippen LogP contribution < -0.4 is 4.72 Å². The third-order valence-corrected chi connectivity index (χ3v) is 6.60. The number of sulfonamides is 1. The largest absolute Gasteiger partial charge is 0.291 e. The molecule has 1 aliphatic carbocycles. The number of rotatable bonds is 6. The van der Waals surface area contributed by atoms with Crippen LogP contribution in [-0.2, 0) is 23.1 Å². The van der Waals surface area contributed by atoms with Crippen molar-refractivity contribution in [3.8, 4) is 0 Å². The molecule has 0 bridgehead atoms. The fraction of sp³-hybridized carbons (Fsp3) is 0.471. The van der Waals surface area contributed by atoms with E-state index in [2.05, 4.69) is 26.9 Å². The Kier molecular flexibility index (Phi) is 4.15. The third kappa shape index (κ3) is 3.38. The maximum atomic E-state index is 12.1. The Morgan fingerprint density at radius 1 is 1.17 bits per heavy atom. The van der Waals surface area contributed by atoms with Crippen LogP contribution in [0.2, 0.25) is 0 Å². The summed E-state index contributed by atoms with van der Waals surface area (Å²) in [5.41, 5.74) is 2.40. The number of hydrogen-bond acceptors (Lipinski definition) is 4. The fourth-order valence-electron chi connectivity index (χ4n) is 3.29. The molecule has 2 heterocycles. The van der Waals surface area contributed by atoms with Gasteiger partial charge in [0.05, 0.1) is 17.0 Å². The van der Waals surface area contributed by atoms with Gasteiger partial charge in [-0.25, -0.2) is 13.1 Å². The SMILES string of the molecule is O=S(=O)(NCC1CN(Cc2ccccc2)Cc2ccnn21)C1CC1. The Labute approximate surface area is 142 Å². The van der Waals surface area contributed by atoms with Crippen molar-refractivity contribution in [2.75, 3.05) is 13.1 Å². The first-order valence-corrected chi connectivity index (χ1v) is 9.93. The van der Waals surface area contributed by atoms with Crippen LogP contribution in [0.3, 0.4) is 0 Å². The number of hydrogen-bond donors (Lipinski definition) is 1. The van der Waals surface area contributed by atoms with Crippen molar-refractivity contribution in [1.82, 2.24) is 19.4 Å². The lowest BCUT2D eigenvalue weighted by molar-refractivity contribution is 0.168. The summed E-state index contributed by atoms with van der Waals surface area (Å²) in [5.74, 6) is 0. The molecule has 1 atom stereocenters. The van der Waals surface area contributed by atoms with Crippen molar-refractivity contribution < 1.29 is 8.42 Å². The lowest BCUT2D eigenvalue weighted by Crippen LogP contribution is -2.43. The smallest absolute Gasteiger partial charge is 0.214 e. The zero-order valence-corrected chi connectivity index (χ0v) is 14.3. The first-order chi connectivity index (χ1) is 11.6. The number of nitrogens with zero attached hydrogens (tertiary/aromatic N) is 3. The molecule has 7 heteroatoms. The topological polar surface area (TPSA) is 67.2 Å². The van der Waals surface area contributed by atoms with Crippen LogP contribution in [-0.4, -0.2) is 41.4 Å². The lowest BCUT2D eigenvalue weighted by Gasteiger charge is -2.34. The normalized spacial score (nSPS) is 21.6. The van der Waals surface area contributed by atoms with E-state index in [0.717, 1.165) is 38.2 Å². The van der Waals surface area contributed by atoms with Crippen molar-refractivity contribution in [3.63, 3.8) is 0 Å². The second-order valence-electron chi connectivity index (χ2n) is 6.67. The summed E-state index contributed by atoms with van der Waals surface area (Å²) in [4.78, 5) is 2.35. The van der Waals surface area contributed by atoms with Gasteiger partial charge in [0.15, 0.2) is 0 Å². The van der Waals surface area contributed by atoms with E-state index < -0.39 is 10.0 Å². The zero-order valence-electron chi connectivity index (χ0n) is 13.5. The van der Waals surface area contributed by atoms with Crippen LogP contribution in [0, 0.1) is 0 Å². The van der Waals surface area contributed by atoms with Gasteiger partial charge in [-0.05, 0) is 24.5 Å². The third-order valence-electron chi connectivity index (χ3n) is 4.69. The molecule has 1 N–H and O–H groups in total. The van der Waals surface area contributed by atoms with E-state index in [0.29, 0.717) is 6.54 Å². The van der Waals surface area contributed by atoms with Crippen LogP contribution in [0.25, 0.3) is 0 Å². The minimum absolute atomic E-state index is 0.0287. The second-order valence-corrected chi connectivity index (χ2v) is 8.71. The van der Waals surface area contributed by atoms with E-state index in [-0.39, 0.29) is 11.3 Å². The molecule has 128 valence electrons. The Morgan fingerprint density at radius 2 is 1.96 bits per heavy atom. The quantitative estimate of drug-likeness (QED) is 0.861. The average molecular weight is 346 g/mol. The highest BCUT2D eigenvalue weighted by atomic mass is 32.2. The zero-order chi connectivity index (χ0) is 16.6. The van der Waals surface area contributed by atoms with Crippen LogP contribution in [0.15, 0.2) is 42.6 Å². The minimum Gasteiger partial charge on any atom is -0.291 e. The maximum absolute atomic E-state index is 12.1. The second kappa shape index (κ2) is 6.31. The first-order valence-electron chi connectivity index (χ1n) is 8.39. The van der Waals surface area contributed by atoms with Crippen molar-refractivity contribution in [3.05, 3.63) is 53.9 Å². The predicted octanol–water partition coefficient (Wildman–Crippen LogP) is 1.52. The van der Waals surface area contributed by atoms with Crippen LogP contribution in [0.5, 0.6) is 0 Å². The summed E-state index contributed by atoms with van der Waals surface area (Å²) in [5, 5.41) is 4.21. The molecule has 0 spiro atoms. The molecule has 2 aliphatic rings. The van der Waals surface area contributed by atoms with Crippen molar-refractivity contribution in [1.29, 1.82) is 0 Å². The van der Waals surface area contributed by atoms with Crippen molar-refractivity contribution in [2.24, 2.45) is 0 Å². The molecular formula is C17H22N4O2S. The van der Waals surface area contributed by atoms with Crippen molar-refractivity contribution >= 4 is 10.0 Å². The van der Waals surface area contributed by atoms with Gasteiger partial charge in [0.1, 0.15) is 0 Å². The fourth-order valence-corrected chi connectivity index (χ4v) is 4.70. The molecule has 1 aliphatic heterocycles. The molecule has 2 aromatic rings. The monoisotopic (exact) mass is 346 g/mol. The molecule has 0 amide bonds. The van der Waals surface area contributed by atoms with Gasteiger partial charge in [0.2, 0.25) is 10.0 Å². The number of aromatic nitrogens is 2. The molecule has 1 aromatic carbocycles. The standard InChI is InChI=1S/C17H22N4O2S/c22-24(23,17-6-7-17)19-10-16-13-20(11-14-4-2-1-3-5-14)12-15-8-9-18-21(15)16/h1-5,8-9,16-17,19H,6-7,10-13H2. The van der Waals surface area contributed by atoms with E-state index in [1.165, 1.54) is 5.56 Å². The predicted molar refractivity (Wildman–Crippen MR) is 91.8 cm³/mol. The summed E-state index contributed by atoms with van der Waals surface area (Å²) in [6.45, 7) is 2.88. The van der Waals surface area contributed by atoms with Gasteiger partial charge in [-0.3, -0.25) is 9.58 Å². The van der Waals surface area contributed by atoms with Gasteiger partial charge >= 0.3 is 0 Å². The molecule has 1 fully saturated rings. The Morgan fingerprint density at radius 3 is 2.71 bits per heavy atom. The van der Waals surface area contributed by atoms with Gasteiger partial charge in [-0.15, -0.1) is 0 Å². The summed E-state index contributed by atoms with van der Waals surface area (Å²) >= 11 is 0. The van der Waals surface area contributed by atoms with E-state index >= 15 is 0 Å². The Balaban J connectivity index is 1.47. The molecule has 24 heavy (non-hydrogen) atoms. The summed E-state index contributed by atoms with van der Waals surface area (Å²) < 4.78 is 29.0. The Bertz CT molecular complexity index is 799. The van der Waals surface area contributed by atoms with Gasteiger partial charge in [-0.1, -0.05) is 30.3 Å². The first kappa shape index (κ1) is 15.8. The van der Waals surface area contributed by atoms with Crippen LogP contribution in [0.4, 0.5) is 0 Å². The Hall–Kier alpha value is -1.70. The van der Waals surface area contributed by atoms with E-state index in [1.807, 2.05) is 28.9 Å². The van der Waals surface area contributed by atoms with E-state index in [9.17, 15) is 8.42 Å². The van der Waals surface area contributed by atoms with Crippen molar-refractivity contribution in [2.45, 2.75) is 37.2 Å². The number of fused-ring (bicyclic) bond motifs is 1. The number of nitrogens with one attached hydrogen (secondary N) is 1. The minimum atomic E-state index is -3.16. The van der Waals surface area contributed by atoms with E-state index in [1.54, 1.807) is 6.20 Å². The van der Waals surface area contributed by atoms with Gasteiger partial charge in [0, 0.05) is 32.4 Å². The average Bonchev–Trinajstić information content (AvgIpc) is 3.34. The highest BCUT2D eigenvalue weighted by molar-refractivity contribution is 7.90. The summed E-state index contributed by atoms with van der Waals surface area (Å²) in [7, 11) is -3.16. The maximum Gasteiger partial charge on any atom is 0.214 e. The van der Waals surface area contributed by atoms with Crippen LogP contribution >= 0.6 is 0 Å². The van der Waals surface area contributed by atoms with E-state index in [4.69, 9.17) is 0 Å². The molecule has 0 radical (unpaired) electrons. The highest BCUT2D eigenvalue weighted by Gasteiger charge is 2.36. The van der Waals surface area contributed by atoms with Gasteiger partial charge in [0.25, 0.3) is 0 Å². The summed E-state index contributed by atoms with van der Waals surface area (Å²) in [6, 6.07) is 12.4. The molecule has 4 rings (SSSR count). The van der Waals surface area contributed by atoms with Crippen LogP contribution in [0.1, 0.15) is 30.1 Å². The van der Waals surface area contributed by atoms with Gasteiger partial charge < -0.3 is 0 Å². The lowest BCUT2D eigenvalue weighted by atomic mass is 10.1. The molecule has 1 aromatic heterocycles. The number of benzene rings is 1. The van der Waals surface area contributed by atoms with Gasteiger partial charge in [-0.2, -0.15) is 5.10 Å². The molecule has 1 unspecified atom stereocenters. The summed E-state index contributed by atoms with van der Waals surface area (Å²) in [6.07, 6.45) is 3.37. The molecular weight excluding hydrogens is 324 g/mol. The molecule has 6 nitrogen and oxygen atoms in total. The highest BCUT2D eigenvalue weighted by Crippen LogP contribution is 2.28.